The van der Waals surface area contributed by atoms with E-state index in [9.17, 15) is 0 Å². The van der Waals surface area contributed by atoms with Crippen molar-refractivity contribution in [2.24, 2.45) is 0 Å². The molecule has 0 saturated carbocycles. The smallest absolute Gasteiger partial charge is 0.236 e. The molecule has 9 aromatic carbocycles. The van der Waals surface area contributed by atoms with Gasteiger partial charge in [-0.15, -0.1) is 0 Å². The van der Waals surface area contributed by atoms with Gasteiger partial charge in [0.25, 0.3) is 5.82 Å². The van der Waals surface area contributed by atoms with Crippen LogP contribution in [-0.4, -0.2) is 4.98 Å². The molecule has 2 heteroatoms. The van der Waals surface area contributed by atoms with Gasteiger partial charge in [-0.25, -0.2) is 4.98 Å². The van der Waals surface area contributed by atoms with E-state index < -0.39 is 0 Å². The number of H-pyrrole nitrogens is 1. The Labute approximate surface area is 296 Å². The minimum absolute atomic E-state index is 1.07. The van der Waals surface area contributed by atoms with Crippen LogP contribution in [0.2, 0.25) is 0 Å². The molecule has 2 nitrogen and oxygen atoms in total. The van der Waals surface area contributed by atoms with E-state index in [1.54, 1.807) is 0 Å². The first-order valence-corrected chi connectivity index (χ1v) is 17.5. The van der Waals surface area contributed by atoms with Gasteiger partial charge in [0.1, 0.15) is 5.69 Å². The molecule has 1 heterocycles. The Morgan fingerprint density at radius 3 is 1.67 bits per heavy atom. The van der Waals surface area contributed by atoms with Crippen molar-refractivity contribution in [2.45, 2.75) is 0 Å². The van der Waals surface area contributed by atoms with E-state index in [0.717, 1.165) is 28.1 Å². The standard InChI is InChI=1S/C49H32N2/c1-3-14-35(15-4-1)47-41-19-9-10-20-42(41)48(39-24-23-33-13-7-8-18-37(33)31-39)43-30-27-38(32-44(43)47)34-25-28-40(29-26-34)51-46-22-12-11-21-45(46)50-49(51)36-16-5-2-6-17-36/h1-32H/p+1. The van der Waals surface area contributed by atoms with Gasteiger partial charge in [0.2, 0.25) is 0 Å². The van der Waals surface area contributed by atoms with Crippen LogP contribution in [0.25, 0.3) is 93.8 Å². The van der Waals surface area contributed by atoms with Gasteiger partial charge >= 0.3 is 0 Å². The molecule has 0 saturated heterocycles. The molecular weight excluding hydrogens is 617 g/mol. The Bertz CT molecular complexity index is 2880. The first-order chi connectivity index (χ1) is 25.3. The van der Waals surface area contributed by atoms with Crippen LogP contribution in [0.1, 0.15) is 0 Å². The molecule has 0 radical (unpaired) electrons. The molecule has 0 fully saturated rings. The predicted octanol–water partition coefficient (Wildman–Crippen LogP) is 12.6. The summed E-state index contributed by atoms with van der Waals surface area (Å²) in [6.45, 7) is 0. The van der Waals surface area contributed by atoms with Gasteiger partial charge in [0.05, 0.1) is 5.56 Å². The molecule has 10 rings (SSSR count). The number of rotatable bonds is 5. The zero-order valence-corrected chi connectivity index (χ0v) is 27.9. The van der Waals surface area contributed by atoms with Crippen LogP contribution in [0.3, 0.4) is 0 Å². The maximum absolute atomic E-state index is 3.67. The van der Waals surface area contributed by atoms with Crippen molar-refractivity contribution in [2.75, 3.05) is 0 Å². The van der Waals surface area contributed by atoms with E-state index in [2.05, 4.69) is 204 Å². The third-order valence-corrected chi connectivity index (χ3v) is 10.3. The summed E-state index contributed by atoms with van der Waals surface area (Å²) in [5.41, 5.74) is 11.9. The molecule has 0 aliphatic carbocycles. The lowest BCUT2D eigenvalue weighted by Crippen LogP contribution is -2.31. The normalized spacial score (nSPS) is 11.5. The second-order valence-electron chi connectivity index (χ2n) is 13.2. The highest BCUT2D eigenvalue weighted by molar-refractivity contribution is 6.22. The number of aromatic nitrogens is 2. The molecule has 51 heavy (non-hydrogen) atoms. The van der Waals surface area contributed by atoms with Crippen molar-refractivity contribution in [1.29, 1.82) is 0 Å². The van der Waals surface area contributed by atoms with E-state index in [-0.39, 0.29) is 0 Å². The minimum atomic E-state index is 1.07. The Kier molecular flexibility index (Phi) is 6.85. The SMILES string of the molecule is c1ccc(-c2c3ccccc3c(-c3ccc4ccccc4c3)c3ccc(-c4ccc(-[n+]5c(-c6ccccc6)[nH]c6ccccc65)cc4)cc23)cc1. The fourth-order valence-corrected chi connectivity index (χ4v) is 7.88. The quantitative estimate of drug-likeness (QED) is 0.141. The average molecular weight is 650 g/mol. The average Bonchev–Trinajstić information content (AvgIpc) is 3.60. The number of hydrogen-bond acceptors (Lipinski definition) is 0. The fraction of sp³-hybridized carbons (Fsp3) is 0. The fourth-order valence-electron chi connectivity index (χ4n) is 7.88. The number of nitrogens with zero attached hydrogens (tertiary/aromatic N) is 1. The van der Waals surface area contributed by atoms with Gasteiger partial charge in [-0.3, -0.25) is 0 Å². The van der Waals surface area contributed by atoms with E-state index in [0.29, 0.717) is 0 Å². The predicted molar refractivity (Wildman–Crippen MR) is 214 cm³/mol. The lowest BCUT2D eigenvalue weighted by Gasteiger charge is -2.19. The van der Waals surface area contributed by atoms with E-state index in [1.165, 1.54) is 65.7 Å². The summed E-state index contributed by atoms with van der Waals surface area (Å²) in [5, 5.41) is 7.53. The van der Waals surface area contributed by atoms with Crippen LogP contribution in [0.4, 0.5) is 0 Å². The first-order valence-electron chi connectivity index (χ1n) is 17.5. The molecule has 0 amide bonds. The minimum Gasteiger partial charge on any atom is -0.236 e. The number of para-hydroxylation sites is 2. The highest BCUT2D eigenvalue weighted by Gasteiger charge is 2.22. The van der Waals surface area contributed by atoms with Gasteiger partial charge in [0.15, 0.2) is 11.0 Å². The Morgan fingerprint density at radius 2 is 0.902 bits per heavy atom. The summed E-state index contributed by atoms with van der Waals surface area (Å²) in [5.74, 6) is 1.07. The summed E-state index contributed by atoms with van der Waals surface area (Å²) in [6.07, 6.45) is 0. The molecule has 10 aromatic rings. The van der Waals surface area contributed by atoms with E-state index in [1.807, 2.05) is 0 Å². The van der Waals surface area contributed by atoms with Crippen LogP contribution in [0.5, 0.6) is 0 Å². The van der Waals surface area contributed by atoms with Crippen LogP contribution in [-0.2, 0) is 0 Å². The molecule has 238 valence electrons. The molecular formula is C49H33N2+. The van der Waals surface area contributed by atoms with Crippen LogP contribution in [0, 0.1) is 0 Å². The number of aromatic amines is 1. The molecule has 0 aliphatic rings. The third-order valence-electron chi connectivity index (χ3n) is 10.3. The Morgan fingerprint density at radius 1 is 0.333 bits per heavy atom. The van der Waals surface area contributed by atoms with Gasteiger partial charge < -0.3 is 0 Å². The van der Waals surface area contributed by atoms with E-state index in [4.69, 9.17) is 0 Å². The second kappa shape index (κ2) is 12.0. The Balaban J connectivity index is 1.17. The first kappa shape index (κ1) is 29.2. The van der Waals surface area contributed by atoms with Gasteiger partial charge in [0, 0.05) is 0 Å². The van der Waals surface area contributed by atoms with Crippen molar-refractivity contribution in [3.8, 4) is 50.5 Å². The summed E-state index contributed by atoms with van der Waals surface area (Å²) >= 11 is 0. The van der Waals surface area contributed by atoms with Crippen molar-refractivity contribution < 1.29 is 4.57 Å². The molecule has 0 atom stereocenters. The maximum atomic E-state index is 3.67. The third kappa shape index (κ3) is 4.92. The topological polar surface area (TPSA) is 19.7 Å². The van der Waals surface area contributed by atoms with Crippen LogP contribution in [0.15, 0.2) is 194 Å². The van der Waals surface area contributed by atoms with Gasteiger partial charge in [-0.2, -0.15) is 4.57 Å². The largest absolute Gasteiger partial charge is 0.292 e. The number of benzene rings is 9. The highest BCUT2D eigenvalue weighted by Crippen LogP contribution is 2.45. The van der Waals surface area contributed by atoms with Crippen molar-refractivity contribution in [3.63, 3.8) is 0 Å². The number of fused-ring (bicyclic) bond motifs is 4. The lowest BCUT2D eigenvalue weighted by atomic mass is 9.84. The Hall–Kier alpha value is -6.77. The molecule has 0 bridgehead atoms. The summed E-state index contributed by atoms with van der Waals surface area (Å²) < 4.78 is 2.32. The van der Waals surface area contributed by atoms with Gasteiger partial charge in [-0.1, -0.05) is 146 Å². The summed E-state index contributed by atoms with van der Waals surface area (Å²) in [4.78, 5) is 3.67. The number of imidazole rings is 1. The molecule has 0 aliphatic heterocycles. The van der Waals surface area contributed by atoms with E-state index >= 15 is 0 Å². The van der Waals surface area contributed by atoms with Crippen LogP contribution >= 0.6 is 0 Å². The number of hydrogen-bond donors (Lipinski definition) is 1. The lowest BCUT2D eigenvalue weighted by molar-refractivity contribution is -0.554. The zero-order chi connectivity index (χ0) is 33.7. The summed E-state index contributed by atoms with van der Waals surface area (Å²) in [7, 11) is 0. The summed E-state index contributed by atoms with van der Waals surface area (Å²) in [6, 6.07) is 70.3. The molecule has 1 N–H and O–H groups in total. The molecule has 1 aromatic heterocycles. The van der Waals surface area contributed by atoms with Crippen molar-refractivity contribution in [1.82, 2.24) is 4.98 Å². The maximum Gasteiger partial charge on any atom is 0.292 e. The van der Waals surface area contributed by atoms with Crippen molar-refractivity contribution in [3.05, 3.63) is 194 Å². The second-order valence-corrected chi connectivity index (χ2v) is 13.2. The zero-order valence-electron chi connectivity index (χ0n) is 27.9. The van der Waals surface area contributed by atoms with Gasteiger partial charge in [-0.05, 0) is 114 Å². The van der Waals surface area contributed by atoms with Crippen molar-refractivity contribution >= 4 is 43.4 Å². The highest BCUT2D eigenvalue weighted by atomic mass is 15.1. The van der Waals surface area contributed by atoms with Crippen LogP contribution < -0.4 is 4.57 Å². The monoisotopic (exact) mass is 649 g/mol. The number of nitrogens with one attached hydrogen (secondary N) is 1. The molecule has 0 spiro atoms. The molecule has 0 unspecified atom stereocenters.